The summed E-state index contributed by atoms with van der Waals surface area (Å²) in [5.41, 5.74) is 6.72. The minimum Gasteiger partial charge on any atom is -0.369 e. The molecular weight excluding hydrogens is 244 g/mol. The lowest BCUT2D eigenvalue weighted by atomic mass is 9.89. The van der Waals surface area contributed by atoms with E-state index in [2.05, 4.69) is 42.3 Å². The monoisotopic (exact) mass is 264 g/mol. The molecule has 2 atom stereocenters. The van der Waals surface area contributed by atoms with E-state index in [4.69, 9.17) is 5.73 Å². The molecule has 2 rings (SSSR count). The zero-order valence-electron chi connectivity index (χ0n) is 10.9. The Bertz CT molecular complexity index is 436. The van der Waals surface area contributed by atoms with Gasteiger partial charge in [0.05, 0.1) is 11.6 Å². The van der Waals surface area contributed by atoms with E-state index < -0.39 is 0 Å². The van der Waals surface area contributed by atoms with Crippen molar-refractivity contribution < 1.29 is 4.79 Å². The van der Waals surface area contributed by atoms with E-state index in [-0.39, 0.29) is 17.9 Å². The van der Waals surface area contributed by atoms with Gasteiger partial charge in [-0.1, -0.05) is 12.1 Å². The standard InChI is InChI=1S/C14H20N2OS/c1-10-11(14(15)17)6-5-9-16(10)12-7-3-4-8-13(12)18-2/h3-4,7-8,10-11H,5-6,9H2,1-2H3,(H2,15,17). The third-order valence-corrected chi connectivity index (χ3v) is 4.53. The highest BCUT2D eigenvalue weighted by atomic mass is 32.2. The molecule has 2 unspecified atom stereocenters. The number of amides is 1. The summed E-state index contributed by atoms with van der Waals surface area (Å²) in [6.45, 7) is 3.11. The lowest BCUT2D eigenvalue weighted by Gasteiger charge is -2.40. The number of benzene rings is 1. The Labute approximate surface area is 113 Å². The van der Waals surface area contributed by atoms with Crippen LogP contribution < -0.4 is 10.6 Å². The van der Waals surface area contributed by atoms with Crippen molar-refractivity contribution in [3.8, 4) is 0 Å². The van der Waals surface area contributed by atoms with Gasteiger partial charge in [0.2, 0.25) is 5.91 Å². The van der Waals surface area contributed by atoms with Crippen LogP contribution in [0.5, 0.6) is 0 Å². The van der Waals surface area contributed by atoms with Gasteiger partial charge in [-0.05, 0) is 38.2 Å². The fourth-order valence-corrected chi connectivity index (χ4v) is 3.34. The number of primary amides is 1. The van der Waals surface area contributed by atoms with Crippen molar-refractivity contribution in [2.45, 2.75) is 30.7 Å². The van der Waals surface area contributed by atoms with Crippen molar-refractivity contribution in [2.24, 2.45) is 11.7 Å². The molecule has 4 heteroatoms. The summed E-state index contributed by atoms with van der Waals surface area (Å²) in [6, 6.07) is 8.54. The highest BCUT2D eigenvalue weighted by Gasteiger charge is 2.32. The quantitative estimate of drug-likeness (QED) is 0.853. The van der Waals surface area contributed by atoms with Crippen molar-refractivity contribution in [2.75, 3.05) is 17.7 Å². The van der Waals surface area contributed by atoms with Crippen LogP contribution >= 0.6 is 11.8 Å². The molecule has 18 heavy (non-hydrogen) atoms. The van der Waals surface area contributed by atoms with Gasteiger partial charge in [-0.25, -0.2) is 0 Å². The number of nitrogens with two attached hydrogens (primary N) is 1. The van der Waals surface area contributed by atoms with E-state index in [1.165, 1.54) is 10.6 Å². The average molecular weight is 264 g/mol. The van der Waals surface area contributed by atoms with E-state index in [1.807, 2.05) is 0 Å². The molecule has 0 aromatic heterocycles. The summed E-state index contributed by atoms with van der Waals surface area (Å²) in [7, 11) is 0. The molecule has 1 aromatic carbocycles. The fourth-order valence-electron chi connectivity index (χ4n) is 2.73. The van der Waals surface area contributed by atoms with Crippen LogP contribution in [-0.2, 0) is 4.79 Å². The average Bonchev–Trinajstić information content (AvgIpc) is 2.38. The molecule has 1 aromatic rings. The number of hydrogen-bond donors (Lipinski definition) is 1. The highest BCUT2D eigenvalue weighted by molar-refractivity contribution is 7.98. The molecule has 98 valence electrons. The van der Waals surface area contributed by atoms with Gasteiger partial charge >= 0.3 is 0 Å². The number of rotatable bonds is 3. The zero-order valence-corrected chi connectivity index (χ0v) is 11.7. The summed E-state index contributed by atoms with van der Waals surface area (Å²) in [4.78, 5) is 15.1. The number of anilines is 1. The Morgan fingerprint density at radius 2 is 2.17 bits per heavy atom. The number of hydrogen-bond acceptors (Lipinski definition) is 3. The molecule has 3 nitrogen and oxygen atoms in total. The predicted molar refractivity (Wildman–Crippen MR) is 76.9 cm³/mol. The van der Waals surface area contributed by atoms with Crippen LogP contribution in [0.25, 0.3) is 0 Å². The summed E-state index contributed by atoms with van der Waals surface area (Å²) < 4.78 is 0. The molecule has 0 bridgehead atoms. The molecule has 1 fully saturated rings. The van der Waals surface area contributed by atoms with Gasteiger partial charge in [0.25, 0.3) is 0 Å². The SMILES string of the molecule is CSc1ccccc1N1CCCC(C(N)=O)C1C. The molecule has 0 saturated carbocycles. The Hall–Kier alpha value is -1.16. The minimum absolute atomic E-state index is 0.0336. The zero-order chi connectivity index (χ0) is 13.1. The number of thioether (sulfide) groups is 1. The number of nitrogens with zero attached hydrogens (tertiary/aromatic N) is 1. The van der Waals surface area contributed by atoms with Crippen molar-refractivity contribution >= 4 is 23.4 Å². The van der Waals surface area contributed by atoms with Crippen LogP contribution in [0, 0.1) is 5.92 Å². The Kier molecular flexibility index (Phi) is 4.17. The van der Waals surface area contributed by atoms with E-state index >= 15 is 0 Å². The first-order valence-electron chi connectivity index (χ1n) is 6.34. The van der Waals surface area contributed by atoms with Crippen molar-refractivity contribution in [3.63, 3.8) is 0 Å². The second-order valence-electron chi connectivity index (χ2n) is 4.76. The third kappa shape index (κ3) is 2.48. The Morgan fingerprint density at radius 3 is 2.83 bits per heavy atom. The van der Waals surface area contributed by atoms with Gasteiger partial charge in [0, 0.05) is 17.5 Å². The molecule has 1 saturated heterocycles. The highest BCUT2D eigenvalue weighted by Crippen LogP contribution is 2.34. The smallest absolute Gasteiger partial charge is 0.222 e. The van der Waals surface area contributed by atoms with Gasteiger partial charge in [-0.3, -0.25) is 4.79 Å². The molecule has 1 heterocycles. The summed E-state index contributed by atoms with van der Waals surface area (Å²) in [5, 5.41) is 0. The first kappa shape index (κ1) is 13.3. The normalized spacial score (nSPS) is 24.0. The van der Waals surface area contributed by atoms with Crippen LogP contribution in [0.4, 0.5) is 5.69 Å². The Balaban J connectivity index is 2.29. The van der Waals surface area contributed by atoms with Gasteiger partial charge in [0.1, 0.15) is 0 Å². The number of piperidine rings is 1. The summed E-state index contributed by atoms with van der Waals surface area (Å²) >= 11 is 1.74. The van der Waals surface area contributed by atoms with Crippen LogP contribution in [-0.4, -0.2) is 24.7 Å². The topological polar surface area (TPSA) is 46.3 Å². The van der Waals surface area contributed by atoms with Crippen LogP contribution in [0.3, 0.4) is 0 Å². The van der Waals surface area contributed by atoms with Gasteiger partial charge in [-0.15, -0.1) is 11.8 Å². The first-order valence-corrected chi connectivity index (χ1v) is 7.56. The second-order valence-corrected chi connectivity index (χ2v) is 5.61. The Morgan fingerprint density at radius 1 is 1.44 bits per heavy atom. The number of carbonyl (C=O) groups is 1. The van der Waals surface area contributed by atoms with Crippen LogP contribution in [0.1, 0.15) is 19.8 Å². The molecule has 1 amide bonds. The molecule has 0 aliphatic carbocycles. The van der Waals surface area contributed by atoms with E-state index in [1.54, 1.807) is 11.8 Å². The lowest BCUT2D eigenvalue weighted by Crippen LogP contribution is -2.48. The molecule has 1 aliphatic rings. The van der Waals surface area contributed by atoms with Crippen LogP contribution in [0.2, 0.25) is 0 Å². The maximum Gasteiger partial charge on any atom is 0.222 e. The van der Waals surface area contributed by atoms with E-state index in [0.717, 1.165) is 19.4 Å². The van der Waals surface area contributed by atoms with Gasteiger partial charge in [0.15, 0.2) is 0 Å². The lowest BCUT2D eigenvalue weighted by molar-refractivity contribution is -0.122. The maximum atomic E-state index is 11.5. The predicted octanol–water partition coefficient (Wildman–Crippen LogP) is 2.50. The first-order chi connectivity index (χ1) is 8.65. The summed E-state index contributed by atoms with van der Waals surface area (Å²) in [6.07, 6.45) is 4.02. The van der Waals surface area contributed by atoms with Crippen molar-refractivity contribution in [1.82, 2.24) is 0 Å². The molecule has 1 aliphatic heterocycles. The molecule has 0 spiro atoms. The van der Waals surface area contributed by atoms with E-state index in [0.29, 0.717) is 0 Å². The number of carbonyl (C=O) groups excluding carboxylic acids is 1. The third-order valence-electron chi connectivity index (χ3n) is 3.75. The number of para-hydroxylation sites is 1. The second kappa shape index (κ2) is 5.65. The van der Waals surface area contributed by atoms with Crippen molar-refractivity contribution in [1.29, 1.82) is 0 Å². The molecule has 0 radical (unpaired) electrons. The van der Waals surface area contributed by atoms with Crippen molar-refractivity contribution in [3.05, 3.63) is 24.3 Å². The summed E-state index contributed by atoms with van der Waals surface area (Å²) in [5.74, 6) is -0.206. The largest absolute Gasteiger partial charge is 0.369 e. The molecule has 2 N–H and O–H groups in total. The van der Waals surface area contributed by atoms with Crippen LogP contribution in [0.15, 0.2) is 29.2 Å². The van der Waals surface area contributed by atoms with Gasteiger partial charge in [-0.2, -0.15) is 0 Å². The minimum atomic E-state index is -0.172. The fraction of sp³-hybridized carbons (Fsp3) is 0.500. The van der Waals surface area contributed by atoms with Gasteiger partial charge < -0.3 is 10.6 Å². The molecular formula is C14H20N2OS. The van der Waals surface area contributed by atoms with E-state index in [9.17, 15) is 4.79 Å². The maximum absolute atomic E-state index is 11.5.